The standard InChI is InChI=1S/C13H12ClN3O/c1-8-3-9(2)5-10(4-8)17-13(18)11-6-16-12(14)7-15-11/h3-7H,1-2H3,(H,17,18). The first-order valence-electron chi connectivity index (χ1n) is 5.42. The van der Waals surface area contributed by atoms with E-state index in [-0.39, 0.29) is 16.8 Å². The van der Waals surface area contributed by atoms with E-state index in [1.54, 1.807) is 0 Å². The molecule has 1 N–H and O–H groups in total. The molecular weight excluding hydrogens is 250 g/mol. The van der Waals surface area contributed by atoms with Gasteiger partial charge >= 0.3 is 0 Å². The van der Waals surface area contributed by atoms with Crippen LogP contribution < -0.4 is 5.32 Å². The molecule has 0 spiro atoms. The first-order valence-corrected chi connectivity index (χ1v) is 5.79. The average Bonchev–Trinajstić information content (AvgIpc) is 2.28. The molecule has 1 amide bonds. The summed E-state index contributed by atoms with van der Waals surface area (Å²) in [4.78, 5) is 19.6. The number of halogens is 1. The zero-order valence-electron chi connectivity index (χ0n) is 10.1. The summed E-state index contributed by atoms with van der Waals surface area (Å²) in [6.45, 7) is 3.95. The van der Waals surface area contributed by atoms with Crippen LogP contribution in [0.2, 0.25) is 5.15 Å². The Balaban J connectivity index is 2.18. The molecule has 1 heterocycles. The summed E-state index contributed by atoms with van der Waals surface area (Å²) in [5.41, 5.74) is 3.16. The molecule has 0 radical (unpaired) electrons. The molecular formula is C13H12ClN3O. The van der Waals surface area contributed by atoms with E-state index in [1.165, 1.54) is 12.4 Å². The number of anilines is 1. The Morgan fingerprint density at radius 1 is 1.11 bits per heavy atom. The Morgan fingerprint density at radius 2 is 1.78 bits per heavy atom. The number of benzene rings is 1. The Labute approximate surface area is 110 Å². The van der Waals surface area contributed by atoms with Gasteiger partial charge < -0.3 is 5.32 Å². The molecule has 0 aliphatic heterocycles. The predicted molar refractivity (Wildman–Crippen MR) is 70.9 cm³/mol. The van der Waals surface area contributed by atoms with E-state index < -0.39 is 0 Å². The number of rotatable bonds is 2. The lowest BCUT2D eigenvalue weighted by atomic mass is 10.1. The predicted octanol–water partition coefficient (Wildman–Crippen LogP) is 3.00. The second kappa shape index (κ2) is 5.14. The van der Waals surface area contributed by atoms with Crippen molar-refractivity contribution in [1.82, 2.24) is 9.97 Å². The zero-order chi connectivity index (χ0) is 13.1. The lowest BCUT2D eigenvalue weighted by Crippen LogP contribution is -2.14. The van der Waals surface area contributed by atoms with Gasteiger partial charge in [0.15, 0.2) is 0 Å². The largest absolute Gasteiger partial charge is 0.321 e. The Bertz CT molecular complexity index is 561. The number of hydrogen-bond acceptors (Lipinski definition) is 3. The molecule has 4 nitrogen and oxygen atoms in total. The van der Waals surface area contributed by atoms with Crippen LogP contribution in [0.1, 0.15) is 21.6 Å². The molecule has 0 saturated carbocycles. The molecule has 5 heteroatoms. The summed E-state index contributed by atoms with van der Waals surface area (Å²) in [7, 11) is 0. The van der Waals surface area contributed by atoms with Gasteiger partial charge in [0.2, 0.25) is 0 Å². The molecule has 0 fully saturated rings. The molecule has 0 aliphatic carbocycles. The van der Waals surface area contributed by atoms with E-state index >= 15 is 0 Å². The minimum atomic E-state index is -0.302. The molecule has 1 aromatic carbocycles. The van der Waals surface area contributed by atoms with Gasteiger partial charge in [-0.15, -0.1) is 0 Å². The van der Waals surface area contributed by atoms with Gasteiger partial charge in [-0.3, -0.25) is 4.79 Å². The van der Waals surface area contributed by atoms with Crippen LogP contribution in [0.4, 0.5) is 5.69 Å². The summed E-state index contributed by atoms with van der Waals surface area (Å²) in [6.07, 6.45) is 2.69. The third-order valence-electron chi connectivity index (χ3n) is 2.33. The van der Waals surface area contributed by atoms with Gasteiger partial charge in [-0.2, -0.15) is 0 Å². The molecule has 18 heavy (non-hydrogen) atoms. The highest BCUT2D eigenvalue weighted by atomic mass is 35.5. The van der Waals surface area contributed by atoms with Crippen LogP contribution in [0.5, 0.6) is 0 Å². The number of carbonyl (C=O) groups excluding carboxylic acids is 1. The zero-order valence-corrected chi connectivity index (χ0v) is 10.8. The number of carbonyl (C=O) groups is 1. The van der Waals surface area contributed by atoms with Gasteiger partial charge in [-0.05, 0) is 37.1 Å². The van der Waals surface area contributed by atoms with Crippen molar-refractivity contribution in [3.05, 3.63) is 52.6 Å². The summed E-state index contributed by atoms with van der Waals surface area (Å²) >= 11 is 5.61. The molecule has 2 aromatic rings. The van der Waals surface area contributed by atoms with Crippen LogP contribution in [0.3, 0.4) is 0 Å². The second-order valence-electron chi connectivity index (χ2n) is 4.05. The van der Waals surface area contributed by atoms with E-state index in [9.17, 15) is 4.79 Å². The SMILES string of the molecule is Cc1cc(C)cc(NC(=O)c2cnc(Cl)cn2)c1. The highest BCUT2D eigenvalue weighted by molar-refractivity contribution is 6.29. The van der Waals surface area contributed by atoms with Crippen LogP contribution >= 0.6 is 11.6 Å². The van der Waals surface area contributed by atoms with Crippen LogP contribution in [-0.2, 0) is 0 Å². The van der Waals surface area contributed by atoms with Crippen LogP contribution in [-0.4, -0.2) is 15.9 Å². The van der Waals surface area contributed by atoms with Crippen LogP contribution in [0, 0.1) is 13.8 Å². The fourth-order valence-electron chi connectivity index (χ4n) is 1.67. The van der Waals surface area contributed by atoms with Crippen molar-refractivity contribution in [3.63, 3.8) is 0 Å². The van der Waals surface area contributed by atoms with Crippen molar-refractivity contribution in [2.75, 3.05) is 5.32 Å². The average molecular weight is 262 g/mol. The lowest BCUT2D eigenvalue weighted by Gasteiger charge is -2.06. The number of hydrogen-bond donors (Lipinski definition) is 1. The molecule has 2 rings (SSSR count). The Hall–Kier alpha value is -1.94. The fourth-order valence-corrected chi connectivity index (χ4v) is 1.77. The van der Waals surface area contributed by atoms with Gasteiger partial charge in [0.05, 0.1) is 12.4 Å². The highest BCUT2D eigenvalue weighted by Crippen LogP contribution is 2.14. The quantitative estimate of drug-likeness (QED) is 0.904. The van der Waals surface area contributed by atoms with E-state index in [1.807, 2.05) is 32.0 Å². The Kier molecular flexibility index (Phi) is 3.58. The summed E-state index contributed by atoms with van der Waals surface area (Å²) in [5.74, 6) is -0.302. The van der Waals surface area contributed by atoms with Crippen molar-refractivity contribution in [2.45, 2.75) is 13.8 Å². The summed E-state index contributed by atoms with van der Waals surface area (Å²) in [6, 6.07) is 5.83. The van der Waals surface area contributed by atoms with Crippen molar-refractivity contribution < 1.29 is 4.79 Å². The molecule has 0 aliphatic rings. The number of nitrogens with one attached hydrogen (secondary N) is 1. The van der Waals surface area contributed by atoms with Crippen LogP contribution in [0.25, 0.3) is 0 Å². The summed E-state index contributed by atoms with van der Waals surface area (Å²) < 4.78 is 0. The van der Waals surface area contributed by atoms with Crippen molar-refractivity contribution in [1.29, 1.82) is 0 Å². The third kappa shape index (κ3) is 3.05. The number of nitrogens with zero attached hydrogens (tertiary/aromatic N) is 2. The molecule has 0 atom stereocenters. The number of amides is 1. The van der Waals surface area contributed by atoms with Gasteiger partial charge in [-0.25, -0.2) is 9.97 Å². The van der Waals surface area contributed by atoms with E-state index in [4.69, 9.17) is 11.6 Å². The van der Waals surface area contributed by atoms with Crippen LogP contribution in [0.15, 0.2) is 30.6 Å². The maximum absolute atomic E-state index is 11.9. The molecule has 1 aromatic heterocycles. The first kappa shape index (κ1) is 12.5. The second-order valence-corrected chi connectivity index (χ2v) is 4.44. The van der Waals surface area contributed by atoms with Gasteiger partial charge in [0.1, 0.15) is 10.8 Å². The molecule has 0 unspecified atom stereocenters. The minimum absolute atomic E-state index is 0.235. The molecule has 0 bridgehead atoms. The maximum Gasteiger partial charge on any atom is 0.275 e. The number of aryl methyl sites for hydroxylation is 2. The first-order chi connectivity index (χ1) is 8.54. The molecule has 0 saturated heterocycles. The fraction of sp³-hybridized carbons (Fsp3) is 0.154. The van der Waals surface area contributed by atoms with Gasteiger partial charge in [0.25, 0.3) is 5.91 Å². The lowest BCUT2D eigenvalue weighted by molar-refractivity contribution is 0.102. The smallest absolute Gasteiger partial charge is 0.275 e. The van der Waals surface area contributed by atoms with Crippen molar-refractivity contribution in [2.24, 2.45) is 0 Å². The minimum Gasteiger partial charge on any atom is -0.321 e. The topological polar surface area (TPSA) is 54.9 Å². The van der Waals surface area contributed by atoms with Gasteiger partial charge in [0, 0.05) is 5.69 Å². The Morgan fingerprint density at radius 3 is 2.33 bits per heavy atom. The van der Waals surface area contributed by atoms with E-state index in [2.05, 4.69) is 15.3 Å². The third-order valence-corrected chi connectivity index (χ3v) is 2.53. The number of aromatic nitrogens is 2. The maximum atomic E-state index is 11.9. The van der Waals surface area contributed by atoms with E-state index in [0.29, 0.717) is 0 Å². The monoisotopic (exact) mass is 261 g/mol. The van der Waals surface area contributed by atoms with Gasteiger partial charge in [-0.1, -0.05) is 17.7 Å². The van der Waals surface area contributed by atoms with E-state index in [0.717, 1.165) is 16.8 Å². The van der Waals surface area contributed by atoms with Crippen molar-refractivity contribution >= 4 is 23.2 Å². The molecule has 92 valence electrons. The summed E-state index contributed by atoms with van der Waals surface area (Å²) in [5, 5.41) is 3.04. The van der Waals surface area contributed by atoms with Crippen molar-refractivity contribution in [3.8, 4) is 0 Å². The highest BCUT2D eigenvalue weighted by Gasteiger charge is 2.08. The normalized spacial score (nSPS) is 10.2.